The number of anilines is 2. The SMILES string of the molecule is Cc1cc(N=S(C)(C)=O)cc2ncnc(Nc3ccc(F)cc3O[C@H]3CO[C@H]4[C@@H]3OC[C@H]4O)c12. The first-order valence-corrected chi connectivity index (χ1v) is 13.1. The minimum Gasteiger partial charge on any atom is -0.483 e. The van der Waals surface area contributed by atoms with Crippen LogP contribution in [0.25, 0.3) is 10.9 Å². The van der Waals surface area contributed by atoms with Gasteiger partial charge >= 0.3 is 0 Å². The molecule has 0 aliphatic carbocycles. The van der Waals surface area contributed by atoms with Crippen LogP contribution in [-0.2, 0) is 19.2 Å². The second-order valence-electron chi connectivity index (χ2n) is 8.74. The Morgan fingerprint density at radius 1 is 1.18 bits per heavy atom. The Bertz CT molecular complexity index is 1370. The number of halogens is 1. The fourth-order valence-corrected chi connectivity index (χ4v) is 4.92. The highest BCUT2D eigenvalue weighted by Gasteiger charge is 2.48. The van der Waals surface area contributed by atoms with E-state index in [1.165, 1.54) is 18.5 Å². The lowest BCUT2D eigenvalue weighted by Gasteiger charge is -2.21. The minimum absolute atomic E-state index is 0.176. The fourth-order valence-electron chi connectivity index (χ4n) is 4.31. The number of benzene rings is 2. The number of nitrogens with one attached hydrogen (secondary N) is 1. The monoisotopic (exact) mass is 488 g/mol. The van der Waals surface area contributed by atoms with Crippen LogP contribution in [0.4, 0.5) is 21.6 Å². The summed E-state index contributed by atoms with van der Waals surface area (Å²) in [5.74, 6) is 0.320. The normalized spacial score (nSPS) is 24.3. The molecule has 2 N–H and O–H groups in total. The van der Waals surface area contributed by atoms with Gasteiger partial charge < -0.3 is 24.6 Å². The van der Waals surface area contributed by atoms with Gasteiger partial charge in [-0.05, 0) is 36.8 Å². The van der Waals surface area contributed by atoms with Crippen LogP contribution in [0.1, 0.15) is 5.56 Å². The zero-order valence-electron chi connectivity index (χ0n) is 18.9. The van der Waals surface area contributed by atoms with Gasteiger partial charge in [0.1, 0.15) is 42.0 Å². The molecule has 4 atom stereocenters. The molecule has 0 saturated carbocycles. The van der Waals surface area contributed by atoms with Crippen LogP contribution in [0.3, 0.4) is 0 Å². The quantitative estimate of drug-likeness (QED) is 0.563. The van der Waals surface area contributed by atoms with E-state index in [0.29, 0.717) is 22.7 Å². The van der Waals surface area contributed by atoms with Crippen LogP contribution >= 0.6 is 0 Å². The van der Waals surface area contributed by atoms with Crippen molar-refractivity contribution in [2.45, 2.75) is 31.3 Å². The number of aryl methyl sites for hydroxylation is 1. The number of hydrogen-bond donors (Lipinski definition) is 2. The molecule has 34 heavy (non-hydrogen) atoms. The molecular weight excluding hydrogens is 463 g/mol. The van der Waals surface area contributed by atoms with Crippen molar-refractivity contribution in [1.29, 1.82) is 0 Å². The lowest BCUT2D eigenvalue weighted by Crippen LogP contribution is -2.34. The molecule has 0 radical (unpaired) electrons. The molecule has 9 nitrogen and oxygen atoms in total. The number of fused-ring (bicyclic) bond motifs is 2. The van der Waals surface area contributed by atoms with E-state index in [1.54, 1.807) is 24.6 Å². The maximum Gasteiger partial charge on any atom is 0.151 e. The number of aromatic nitrogens is 2. The molecule has 2 fully saturated rings. The van der Waals surface area contributed by atoms with Crippen molar-refractivity contribution in [1.82, 2.24) is 9.97 Å². The topological polar surface area (TPSA) is 115 Å². The second kappa shape index (κ2) is 8.73. The van der Waals surface area contributed by atoms with Gasteiger partial charge in [0.05, 0.1) is 30.1 Å². The Kier molecular flexibility index (Phi) is 5.88. The smallest absolute Gasteiger partial charge is 0.151 e. The van der Waals surface area contributed by atoms with Crippen molar-refractivity contribution in [3.8, 4) is 5.75 Å². The molecule has 3 heterocycles. The Morgan fingerprint density at radius 2 is 1.97 bits per heavy atom. The Labute approximate surface area is 196 Å². The van der Waals surface area contributed by atoms with Gasteiger partial charge in [-0.25, -0.2) is 18.6 Å². The number of hydrogen-bond acceptors (Lipinski definition) is 9. The van der Waals surface area contributed by atoms with E-state index in [9.17, 15) is 13.7 Å². The lowest BCUT2D eigenvalue weighted by molar-refractivity contribution is 0.00871. The average Bonchev–Trinajstić information content (AvgIpc) is 3.32. The van der Waals surface area contributed by atoms with E-state index in [4.69, 9.17) is 14.2 Å². The first-order chi connectivity index (χ1) is 16.2. The van der Waals surface area contributed by atoms with E-state index in [-0.39, 0.29) is 19.0 Å². The van der Waals surface area contributed by atoms with E-state index in [1.807, 2.05) is 13.0 Å². The van der Waals surface area contributed by atoms with E-state index < -0.39 is 40.0 Å². The number of aliphatic hydroxyl groups excluding tert-OH is 1. The summed E-state index contributed by atoms with van der Waals surface area (Å²) in [4.78, 5) is 8.73. The third kappa shape index (κ3) is 4.56. The Morgan fingerprint density at radius 3 is 2.76 bits per heavy atom. The molecule has 2 saturated heterocycles. The summed E-state index contributed by atoms with van der Waals surface area (Å²) in [6.07, 6.45) is 2.48. The van der Waals surface area contributed by atoms with Gasteiger partial charge in [-0.3, -0.25) is 0 Å². The van der Waals surface area contributed by atoms with Gasteiger partial charge in [-0.1, -0.05) is 0 Å². The summed E-state index contributed by atoms with van der Waals surface area (Å²) < 4.78 is 47.8. The van der Waals surface area contributed by atoms with Crippen LogP contribution in [0.15, 0.2) is 41.0 Å². The highest BCUT2D eigenvalue weighted by molar-refractivity contribution is 7.92. The molecule has 0 bridgehead atoms. The number of aliphatic hydroxyl groups is 1. The molecule has 2 aliphatic rings. The van der Waals surface area contributed by atoms with Gasteiger partial charge in [0.2, 0.25) is 0 Å². The number of rotatable bonds is 5. The van der Waals surface area contributed by atoms with Gasteiger partial charge in [-0.2, -0.15) is 4.36 Å². The summed E-state index contributed by atoms with van der Waals surface area (Å²) >= 11 is 0. The summed E-state index contributed by atoms with van der Waals surface area (Å²) in [5.41, 5.74) is 2.55. The third-order valence-electron chi connectivity index (χ3n) is 5.70. The first kappa shape index (κ1) is 22.9. The second-order valence-corrected chi connectivity index (χ2v) is 11.3. The maximum atomic E-state index is 14.1. The highest BCUT2D eigenvalue weighted by atomic mass is 32.2. The molecule has 2 aliphatic heterocycles. The van der Waals surface area contributed by atoms with Gasteiger partial charge in [0.15, 0.2) is 6.10 Å². The lowest BCUT2D eigenvalue weighted by atomic mass is 10.1. The van der Waals surface area contributed by atoms with Crippen molar-refractivity contribution in [2.75, 3.05) is 31.0 Å². The average molecular weight is 489 g/mol. The summed E-state index contributed by atoms with van der Waals surface area (Å²) in [6.45, 7) is 2.29. The number of nitrogens with zero attached hydrogens (tertiary/aromatic N) is 3. The van der Waals surface area contributed by atoms with Crippen LogP contribution in [0.2, 0.25) is 0 Å². The van der Waals surface area contributed by atoms with E-state index in [0.717, 1.165) is 10.9 Å². The van der Waals surface area contributed by atoms with Crippen molar-refractivity contribution in [3.63, 3.8) is 0 Å². The molecule has 0 amide bonds. The van der Waals surface area contributed by atoms with Crippen molar-refractivity contribution < 1.29 is 27.9 Å². The molecule has 11 heteroatoms. The molecule has 1 aromatic heterocycles. The molecule has 0 unspecified atom stereocenters. The summed E-state index contributed by atoms with van der Waals surface area (Å²) in [7, 11) is -2.32. The number of ether oxygens (including phenoxy) is 3. The van der Waals surface area contributed by atoms with Gasteiger partial charge in [0.25, 0.3) is 0 Å². The largest absolute Gasteiger partial charge is 0.483 e. The molecule has 2 aromatic carbocycles. The van der Waals surface area contributed by atoms with Crippen LogP contribution in [-0.4, -0.2) is 69.4 Å². The summed E-state index contributed by atoms with van der Waals surface area (Å²) in [5, 5.41) is 14.0. The van der Waals surface area contributed by atoms with E-state index >= 15 is 0 Å². The molecular formula is C23H25FN4O5S. The summed E-state index contributed by atoms with van der Waals surface area (Å²) in [6, 6.07) is 7.75. The van der Waals surface area contributed by atoms with Gasteiger partial charge in [0, 0.05) is 33.7 Å². The minimum atomic E-state index is -2.32. The fraction of sp³-hybridized carbons (Fsp3) is 0.391. The third-order valence-corrected chi connectivity index (χ3v) is 6.35. The van der Waals surface area contributed by atoms with Crippen molar-refractivity contribution in [2.24, 2.45) is 4.36 Å². The van der Waals surface area contributed by atoms with Crippen LogP contribution < -0.4 is 10.1 Å². The van der Waals surface area contributed by atoms with Crippen LogP contribution in [0.5, 0.6) is 5.75 Å². The maximum absolute atomic E-state index is 14.1. The molecule has 180 valence electrons. The zero-order chi connectivity index (χ0) is 24.0. The standard InChI is InChI=1S/C23H25FN4O5S/c1-12-6-14(28-34(2,3)30)8-16-20(12)23(26-11-25-16)27-15-5-4-13(24)7-18(15)33-19-10-32-21-17(29)9-31-22(19)21/h4-8,11,17,19,21-22,29H,9-10H2,1-3H3,(H,25,26,27)/t17-,19+,21-,22-/m1/s1. The molecule has 0 spiro atoms. The van der Waals surface area contributed by atoms with Gasteiger partial charge in [-0.15, -0.1) is 0 Å². The van der Waals surface area contributed by atoms with Crippen molar-refractivity contribution in [3.05, 3.63) is 48.0 Å². The molecule has 3 aromatic rings. The van der Waals surface area contributed by atoms with E-state index in [2.05, 4.69) is 19.6 Å². The Balaban J connectivity index is 1.48. The Hall–Kier alpha value is -2.86. The van der Waals surface area contributed by atoms with Crippen LogP contribution in [0, 0.1) is 12.7 Å². The predicted octanol–water partition coefficient (Wildman–Crippen LogP) is 3.09. The zero-order valence-corrected chi connectivity index (χ0v) is 19.7. The highest BCUT2D eigenvalue weighted by Crippen LogP contribution is 2.36. The predicted molar refractivity (Wildman–Crippen MR) is 126 cm³/mol. The first-order valence-electron chi connectivity index (χ1n) is 10.7. The van der Waals surface area contributed by atoms with Crippen molar-refractivity contribution >= 4 is 37.8 Å². The molecule has 5 rings (SSSR count).